The highest BCUT2D eigenvalue weighted by Crippen LogP contribution is 2.28. The zero-order valence-corrected chi connectivity index (χ0v) is 18.9. The lowest BCUT2D eigenvalue weighted by Crippen LogP contribution is -2.50. The van der Waals surface area contributed by atoms with Crippen molar-refractivity contribution < 1.29 is 14.0 Å². The number of para-hydroxylation sites is 1. The van der Waals surface area contributed by atoms with E-state index in [9.17, 15) is 14.4 Å². The van der Waals surface area contributed by atoms with Crippen LogP contribution in [0.15, 0.2) is 88.1 Å². The fourth-order valence-corrected chi connectivity index (χ4v) is 4.39. The van der Waals surface area contributed by atoms with Gasteiger partial charge >= 0.3 is 0 Å². The topological polar surface area (TPSA) is 70.8 Å². The summed E-state index contributed by atoms with van der Waals surface area (Å²) < 4.78 is 6.21. The Bertz CT molecular complexity index is 1420. The highest BCUT2D eigenvalue weighted by molar-refractivity contribution is 6.05. The maximum absolute atomic E-state index is 13.5. The van der Waals surface area contributed by atoms with Gasteiger partial charge in [0, 0.05) is 42.9 Å². The number of rotatable bonds is 3. The molecule has 1 fully saturated rings. The van der Waals surface area contributed by atoms with Gasteiger partial charge in [0.2, 0.25) is 0 Å². The number of nitrogens with zero attached hydrogens (tertiary/aromatic N) is 2. The molecule has 170 valence electrons. The molecular formula is C28H24N2O4. The molecule has 0 spiro atoms. The second-order valence-corrected chi connectivity index (χ2v) is 8.38. The van der Waals surface area contributed by atoms with Gasteiger partial charge in [-0.05, 0) is 31.2 Å². The molecule has 0 N–H and O–H groups in total. The van der Waals surface area contributed by atoms with Crippen molar-refractivity contribution in [3.05, 3.63) is 106 Å². The van der Waals surface area contributed by atoms with Gasteiger partial charge in [0.05, 0.1) is 10.9 Å². The summed E-state index contributed by atoms with van der Waals surface area (Å²) in [5.41, 5.74) is 2.44. The Morgan fingerprint density at radius 2 is 1.32 bits per heavy atom. The normalized spacial score (nSPS) is 13.8. The van der Waals surface area contributed by atoms with E-state index in [1.54, 1.807) is 47.1 Å². The molecule has 4 aromatic rings. The molecule has 0 aliphatic carbocycles. The van der Waals surface area contributed by atoms with Crippen LogP contribution in [0.1, 0.15) is 26.3 Å². The van der Waals surface area contributed by atoms with E-state index >= 15 is 0 Å². The maximum atomic E-state index is 13.5. The van der Waals surface area contributed by atoms with Gasteiger partial charge in [0.1, 0.15) is 5.76 Å². The molecule has 0 bridgehead atoms. The minimum absolute atomic E-state index is 0.0353. The third kappa shape index (κ3) is 3.88. The van der Waals surface area contributed by atoms with Crippen LogP contribution in [0.5, 0.6) is 0 Å². The molecule has 1 aliphatic heterocycles. The van der Waals surface area contributed by atoms with E-state index in [-0.39, 0.29) is 17.2 Å². The summed E-state index contributed by atoms with van der Waals surface area (Å²) in [4.78, 5) is 42.8. The molecule has 2 amide bonds. The first-order valence-electron chi connectivity index (χ1n) is 11.3. The second-order valence-electron chi connectivity index (χ2n) is 8.38. The number of amides is 2. The molecule has 1 aliphatic rings. The number of carbonyl (C=O) groups is 2. The SMILES string of the molecule is Cc1c(-c2ccccc2)oc2c(C(=O)N3CCN(C(=O)c4ccccc4)CC3)cccc2c1=O. The molecule has 1 aromatic heterocycles. The molecular weight excluding hydrogens is 428 g/mol. The number of hydrogen-bond acceptors (Lipinski definition) is 4. The smallest absolute Gasteiger partial charge is 0.257 e. The van der Waals surface area contributed by atoms with Crippen molar-refractivity contribution >= 4 is 22.8 Å². The predicted octanol–water partition coefficient (Wildman–Crippen LogP) is 4.37. The monoisotopic (exact) mass is 452 g/mol. The van der Waals surface area contributed by atoms with E-state index < -0.39 is 0 Å². The first kappa shape index (κ1) is 21.6. The highest BCUT2D eigenvalue weighted by atomic mass is 16.3. The highest BCUT2D eigenvalue weighted by Gasteiger charge is 2.27. The molecule has 6 nitrogen and oxygen atoms in total. The summed E-state index contributed by atoms with van der Waals surface area (Å²) in [6, 6.07) is 23.7. The molecule has 34 heavy (non-hydrogen) atoms. The Hall–Kier alpha value is -4.19. The number of hydrogen-bond donors (Lipinski definition) is 0. The molecule has 0 radical (unpaired) electrons. The Balaban J connectivity index is 1.43. The van der Waals surface area contributed by atoms with Crippen molar-refractivity contribution in [2.45, 2.75) is 6.92 Å². The fourth-order valence-electron chi connectivity index (χ4n) is 4.39. The summed E-state index contributed by atoms with van der Waals surface area (Å²) in [5, 5.41) is 0.390. The van der Waals surface area contributed by atoms with E-state index in [0.29, 0.717) is 59.6 Å². The quantitative estimate of drug-likeness (QED) is 0.463. The lowest BCUT2D eigenvalue weighted by Gasteiger charge is -2.35. The number of benzene rings is 3. The van der Waals surface area contributed by atoms with Crippen molar-refractivity contribution in [3.63, 3.8) is 0 Å². The van der Waals surface area contributed by atoms with Crippen LogP contribution in [0.25, 0.3) is 22.3 Å². The van der Waals surface area contributed by atoms with Crippen molar-refractivity contribution in [2.75, 3.05) is 26.2 Å². The molecule has 5 rings (SSSR count). The van der Waals surface area contributed by atoms with E-state index in [2.05, 4.69) is 0 Å². The summed E-state index contributed by atoms with van der Waals surface area (Å²) in [6.07, 6.45) is 0. The van der Waals surface area contributed by atoms with Crippen LogP contribution in [-0.2, 0) is 0 Å². The van der Waals surface area contributed by atoms with E-state index in [4.69, 9.17) is 4.42 Å². The van der Waals surface area contributed by atoms with Gasteiger partial charge in [-0.15, -0.1) is 0 Å². The summed E-state index contributed by atoms with van der Waals surface area (Å²) in [5.74, 6) is 0.229. The summed E-state index contributed by atoms with van der Waals surface area (Å²) in [7, 11) is 0. The Labute approximate surface area is 197 Å². The zero-order chi connectivity index (χ0) is 23.7. The van der Waals surface area contributed by atoms with Gasteiger partial charge in [-0.1, -0.05) is 54.6 Å². The third-order valence-corrected chi connectivity index (χ3v) is 6.29. The largest absolute Gasteiger partial charge is 0.455 e. The van der Waals surface area contributed by atoms with Crippen LogP contribution in [-0.4, -0.2) is 47.8 Å². The van der Waals surface area contributed by atoms with Crippen LogP contribution in [0.4, 0.5) is 0 Å². The molecule has 3 aromatic carbocycles. The Kier molecular flexibility index (Phi) is 5.72. The second kappa shape index (κ2) is 8.98. The minimum Gasteiger partial charge on any atom is -0.455 e. The van der Waals surface area contributed by atoms with Gasteiger partial charge in [-0.2, -0.15) is 0 Å². The van der Waals surface area contributed by atoms with Gasteiger partial charge in [-0.25, -0.2) is 0 Å². The first-order chi connectivity index (χ1) is 16.5. The average molecular weight is 453 g/mol. The number of carbonyl (C=O) groups excluding carboxylic acids is 2. The van der Waals surface area contributed by atoms with Crippen LogP contribution in [0.3, 0.4) is 0 Å². The van der Waals surface area contributed by atoms with E-state index in [1.165, 1.54) is 0 Å². The van der Waals surface area contributed by atoms with Gasteiger partial charge in [0.15, 0.2) is 11.0 Å². The zero-order valence-electron chi connectivity index (χ0n) is 18.9. The standard InChI is InChI=1S/C28H24N2O4/c1-19-24(31)22-13-8-14-23(26(22)34-25(19)20-9-4-2-5-10-20)28(33)30-17-15-29(16-18-30)27(32)21-11-6-3-7-12-21/h2-14H,15-18H2,1H3. The predicted molar refractivity (Wildman–Crippen MR) is 131 cm³/mol. The lowest BCUT2D eigenvalue weighted by molar-refractivity contribution is 0.0536. The maximum Gasteiger partial charge on any atom is 0.257 e. The summed E-state index contributed by atoms with van der Waals surface area (Å²) in [6.45, 7) is 3.46. The number of piperazine rings is 1. The van der Waals surface area contributed by atoms with E-state index in [1.807, 2.05) is 48.5 Å². The molecule has 6 heteroatoms. The fraction of sp³-hybridized carbons (Fsp3) is 0.179. The molecule has 0 unspecified atom stereocenters. The molecule has 2 heterocycles. The van der Waals surface area contributed by atoms with Crippen molar-refractivity contribution in [2.24, 2.45) is 0 Å². The van der Waals surface area contributed by atoms with Gasteiger partial charge < -0.3 is 14.2 Å². The van der Waals surface area contributed by atoms with Crippen LogP contribution in [0, 0.1) is 6.92 Å². The lowest BCUT2D eigenvalue weighted by atomic mass is 10.0. The Morgan fingerprint density at radius 1 is 0.735 bits per heavy atom. The Morgan fingerprint density at radius 3 is 1.97 bits per heavy atom. The molecule has 1 saturated heterocycles. The first-order valence-corrected chi connectivity index (χ1v) is 11.3. The van der Waals surface area contributed by atoms with E-state index in [0.717, 1.165) is 5.56 Å². The van der Waals surface area contributed by atoms with Crippen LogP contribution < -0.4 is 5.43 Å². The summed E-state index contributed by atoms with van der Waals surface area (Å²) >= 11 is 0. The third-order valence-electron chi connectivity index (χ3n) is 6.29. The van der Waals surface area contributed by atoms with Crippen LogP contribution >= 0.6 is 0 Å². The number of fused-ring (bicyclic) bond motifs is 1. The van der Waals surface area contributed by atoms with Crippen molar-refractivity contribution in [1.82, 2.24) is 9.80 Å². The van der Waals surface area contributed by atoms with Gasteiger partial charge in [-0.3, -0.25) is 14.4 Å². The molecule has 0 saturated carbocycles. The average Bonchev–Trinajstić information content (AvgIpc) is 2.90. The minimum atomic E-state index is -0.205. The van der Waals surface area contributed by atoms with Crippen LogP contribution in [0.2, 0.25) is 0 Å². The van der Waals surface area contributed by atoms with Crippen molar-refractivity contribution in [3.8, 4) is 11.3 Å². The van der Waals surface area contributed by atoms with Gasteiger partial charge in [0.25, 0.3) is 11.8 Å². The van der Waals surface area contributed by atoms with Crippen molar-refractivity contribution in [1.29, 1.82) is 0 Å². The molecule has 0 atom stereocenters.